The van der Waals surface area contributed by atoms with E-state index in [0.29, 0.717) is 6.04 Å². The molecule has 0 unspecified atom stereocenters. The van der Waals surface area contributed by atoms with Gasteiger partial charge in [-0.2, -0.15) is 0 Å². The van der Waals surface area contributed by atoms with Gasteiger partial charge in [-0.25, -0.2) is 4.98 Å². The van der Waals surface area contributed by atoms with E-state index in [9.17, 15) is 0 Å². The van der Waals surface area contributed by atoms with E-state index in [4.69, 9.17) is 11.6 Å². The summed E-state index contributed by atoms with van der Waals surface area (Å²) in [5, 5.41) is 0.748. The molecule has 0 aliphatic carbocycles. The molecule has 1 aliphatic rings. The molecule has 5 heteroatoms. The monoisotopic (exact) mass is 367 g/mol. The lowest BCUT2D eigenvalue weighted by molar-refractivity contribution is 0.219. The Labute approximate surface area is 139 Å². The van der Waals surface area contributed by atoms with E-state index in [1.807, 2.05) is 12.3 Å². The number of likely N-dealkylation sites (tertiary alicyclic amines) is 1. The number of nitrogens with zero attached hydrogens (tertiary/aromatic N) is 3. The number of halogens is 2. The number of benzene rings is 1. The Morgan fingerprint density at radius 3 is 2.81 bits per heavy atom. The van der Waals surface area contributed by atoms with Crippen LogP contribution in [0.1, 0.15) is 30.3 Å². The van der Waals surface area contributed by atoms with Crippen LogP contribution in [-0.2, 0) is 6.42 Å². The van der Waals surface area contributed by atoms with Crippen molar-refractivity contribution in [2.75, 3.05) is 20.1 Å². The Hall–Kier alpha value is -0.840. The van der Waals surface area contributed by atoms with Crippen LogP contribution in [0.4, 0.5) is 0 Å². The van der Waals surface area contributed by atoms with Crippen LogP contribution in [0.25, 0.3) is 0 Å². The molecule has 0 radical (unpaired) electrons. The van der Waals surface area contributed by atoms with Crippen molar-refractivity contribution in [3.8, 4) is 0 Å². The minimum Gasteiger partial charge on any atom is -0.332 e. The normalized spacial score (nSPS) is 17.3. The lowest BCUT2D eigenvalue weighted by Crippen LogP contribution is -2.31. The van der Waals surface area contributed by atoms with E-state index >= 15 is 0 Å². The van der Waals surface area contributed by atoms with E-state index < -0.39 is 0 Å². The van der Waals surface area contributed by atoms with Gasteiger partial charge in [0.2, 0.25) is 0 Å². The van der Waals surface area contributed by atoms with Crippen LogP contribution in [0.2, 0.25) is 5.02 Å². The van der Waals surface area contributed by atoms with E-state index in [-0.39, 0.29) is 0 Å². The first-order valence-electron chi connectivity index (χ1n) is 7.27. The van der Waals surface area contributed by atoms with E-state index in [1.165, 1.54) is 18.4 Å². The molecule has 1 aliphatic heterocycles. The van der Waals surface area contributed by atoms with Crippen LogP contribution in [0.15, 0.2) is 35.1 Å². The third-order valence-electron chi connectivity index (χ3n) is 4.18. The average molecular weight is 369 g/mol. The molecule has 2 heterocycles. The molecule has 0 saturated carbocycles. The zero-order chi connectivity index (χ0) is 14.8. The molecule has 1 aromatic heterocycles. The van der Waals surface area contributed by atoms with Crippen molar-refractivity contribution in [3.63, 3.8) is 0 Å². The fraction of sp³-hybridized carbons (Fsp3) is 0.438. The number of hydrogen-bond acceptors (Lipinski definition) is 2. The van der Waals surface area contributed by atoms with Crippen LogP contribution in [-0.4, -0.2) is 34.6 Å². The zero-order valence-electron chi connectivity index (χ0n) is 12.1. The second-order valence-electron chi connectivity index (χ2n) is 5.71. The maximum absolute atomic E-state index is 6.06. The van der Waals surface area contributed by atoms with Crippen molar-refractivity contribution >= 4 is 27.5 Å². The summed E-state index contributed by atoms with van der Waals surface area (Å²) in [7, 11) is 2.19. The van der Waals surface area contributed by atoms with Gasteiger partial charge in [0.1, 0.15) is 5.82 Å². The third-order valence-corrected chi connectivity index (χ3v) is 5.39. The van der Waals surface area contributed by atoms with Gasteiger partial charge in [0.05, 0.1) is 5.02 Å². The maximum atomic E-state index is 6.06. The molecule has 1 saturated heterocycles. The zero-order valence-corrected chi connectivity index (χ0v) is 14.4. The standard InChI is InChI=1S/C16H19BrClN3/c1-20-7-4-13(5-8-20)21-9-6-19-16(21)11-12-2-3-15(18)14(17)10-12/h2-3,6,9-10,13H,4-5,7-8,11H2,1H3. The molecular formula is C16H19BrClN3. The smallest absolute Gasteiger partial charge is 0.113 e. The number of rotatable bonds is 3. The molecular weight excluding hydrogens is 350 g/mol. The highest BCUT2D eigenvalue weighted by Crippen LogP contribution is 2.26. The quantitative estimate of drug-likeness (QED) is 0.811. The summed E-state index contributed by atoms with van der Waals surface area (Å²) in [6.45, 7) is 2.32. The molecule has 3 nitrogen and oxygen atoms in total. The Balaban J connectivity index is 1.77. The number of aromatic nitrogens is 2. The molecule has 112 valence electrons. The van der Waals surface area contributed by atoms with Crippen LogP contribution < -0.4 is 0 Å². The van der Waals surface area contributed by atoms with Gasteiger partial charge in [-0.3, -0.25) is 0 Å². The van der Waals surface area contributed by atoms with Gasteiger partial charge in [0, 0.05) is 29.3 Å². The lowest BCUT2D eigenvalue weighted by Gasteiger charge is -2.30. The van der Waals surface area contributed by atoms with E-state index in [2.05, 4.69) is 55.8 Å². The second-order valence-corrected chi connectivity index (χ2v) is 6.97. The van der Waals surface area contributed by atoms with Crippen molar-refractivity contribution in [1.29, 1.82) is 0 Å². The molecule has 0 N–H and O–H groups in total. The van der Waals surface area contributed by atoms with E-state index in [0.717, 1.165) is 34.8 Å². The molecule has 2 aromatic rings. The second kappa shape index (κ2) is 6.51. The first-order chi connectivity index (χ1) is 10.1. The molecule has 1 fully saturated rings. The Kier molecular flexibility index (Phi) is 4.67. The van der Waals surface area contributed by atoms with Crippen molar-refractivity contribution in [3.05, 3.63) is 51.5 Å². The minimum absolute atomic E-state index is 0.578. The van der Waals surface area contributed by atoms with Crippen molar-refractivity contribution in [2.24, 2.45) is 0 Å². The summed E-state index contributed by atoms with van der Waals surface area (Å²) in [6, 6.07) is 6.66. The van der Waals surface area contributed by atoms with Crippen LogP contribution >= 0.6 is 27.5 Å². The molecule has 21 heavy (non-hydrogen) atoms. The van der Waals surface area contributed by atoms with Crippen molar-refractivity contribution in [2.45, 2.75) is 25.3 Å². The molecule has 3 rings (SSSR count). The average Bonchev–Trinajstić information content (AvgIpc) is 2.92. The van der Waals surface area contributed by atoms with Gasteiger partial charge in [-0.05, 0) is 66.6 Å². The van der Waals surface area contributed by atoms with Crippen LogP contribution in [0, 0.1) is 0 Å². The highest BCUT2D eigenvalue weighted by Gasteiger charge is 2.20. The lowest BCUT2D eigenvalue weighted by atomic mass is 10.0. The first kappa shape index (κ1) is 15.1. The van der Waals surface area contributed by atoms with Gasteiger partial charge >= 0.3 is 0 Å². The van der Waals surface area contributed by atoms with Gasteiger partial charge in [0.25, 0.3) is 0 Å². The van der Waals surface area contributed by atoms with E-state index in [1.54, 1.807) is 0 Å². The third kappa shape index (κ3) is 3.50. The summed E-state index contributed by atoms with van der Waals surface area (Å²) >= 11 is 9.54. The Morgan fingerprint density at radius 1 is 1.33 bits per heavy atom. The van der Waals surface area contributed by atoms with Gasteiger partial charge in [-0.15, -0.1) is 0 Å². The highest BCUT2D eigenvalue weighted by molar-refractivity contribution is 9.10. The van der Waals surface area contributed by atoms with Crippen molar-refractivity contribution < 1.29 is 0 Å². The Bertz CT molecular complexity index is 618. The van der Waals surface area contributed by atoms with Crippen LogP contribution in [0.5, 0.6) is 0 Å². The predicted octanol–water partition coefficient (Wildman–Crippen LogP) is 4.16. The largest absolute Gasteiger partial charge is 0.332 e. The van der Waals surface area contributed by atoms with Gasteiger partial charge in [0.15, 0.2) is 0 Å². The molecule has 1 aromatic carbocycles. The minimum atomic E-state index is 0.578. The summed E-state index contributed by atoms with van der Waals surface area (Å²) in [5.41, 5.74) is 1.23. The SMILES string of the molecule is CN1CCC(n2ccnc2Cc2ccc(Cl)c(Br)c2)CC1. The Morgan fingerprint density at radius 2 is 2.10 bits per heavy atom. The number of piperidine rings is 1. The van der Waals surface area contributed by atoms with Crippen LogP contribution in [0.3, 0.4) is 0 Å². The topological polar surface area (TPSA) is 21.1 Å². The fourth-order valence-corrected chi connectivity index (χ4v) is 3.46. The highest BCUT2D eigenvalue weighted by atomic mass is 79.9. The molecule has 0 amide bonds. The fourth-order valence-electron chi connectivity index (χ4n) is 2.92. The molecule has 0 spiro atoms. The summed E-state index contributed by atoms with van der Waals surface area (Å²) < 4.78 is 3.30. The van der Waals surface area contributed by atoms with Gasteiger partial charge in [-0.1, -0.05) is 17.7 Å². The summed E-state index contributed by atoms with van der Waals surface area (Å²) in [6.07, 6.45) is 7.28. The maximum Gasteiger partial charge on any atom is 0.113 e. The number of hydrogen-bond donors (Lipinski definition) is 0. The van der Waals surface area contributed by atoms with Gasteiger partial charge < -0.3 is 9.47 Å². The number of imidazole rings is 1. The molecule has 0 atom stereocenters. The predicted molar refractivity (Wildman–Crippen MR) is 90.0 cm³/mol. The van der Waals surface area contributed by atoms with Crippen molar-refractivity contribution in [1.82, 2.24) is 14.5 Å². The summed E-state index contributed by atoms with van der Waals surface area (Å²) in [5.74, 6) is 1.14. The molecule has 0 bridgehead atoms. The first-order valence-corrected chi connectivity index (χ1v) is 8.45. The summed E-state index contributed by atoms with van der Waals surface area (Å²) in [4.78, 5) is 6.95.